The van der Waals surface area contributed by atoms with E-state index in [1.807, 2.05) is 42.5 Å². The third kappa shape index (κ3) is 3.49. The van der Waals surface area contributed by atoms with E-state index in [0.29, 0.717) is 19.0 Å². The molecule has 0 fully saturated rings. The fourth-order valence-electron chi connectivity index (χ4n) is 2.93. The van der Waals surface area contributed by atoms with Crippen molar-refractivity contribution >= 4 is 0 Å². The van der Waals surface area contributed by atoms with E-state index in [-0.39, 0.29) is 5.92 Å². The normalized spacial score (nSPS) is 19.3. The first kappa shape index (κ1) is 16.7. The van der Waals surface area contributed by atoms with Crippen LogP contribution in [0.1, 0.15) is 42.9 Å². The molecule has 1 N–H and O–H groups in total. The maximum atomic E-state index is 10.8. The molecular formula is C20H24O4. The highest BCUT2D eigenvalue weighted by atomic mass is 16.5. The SMILES string of the molecule is CCCCOc1ccc2c(c1)OCC(c1ccc(OC)cc1)C2O. The fraction of sp³-hybridized carbons (Fsp3) is 0.400. The van der Waals surface area contributed by atoms with E-state index in [9.17, 15) is 5.11 Å². The molecule has 0 amide bonds. The Kier molecular flexibility index (Phi) is 5.26. The van der Waals surface area contributed by atoms with Crippen LogP contribution in [0.2, 0.25) is 0 Å². The summed E-state index contributed by atoms with van der Waals surface area (Å²) in [6, 6.07) is 13.4. The van der Waals surface area contributed by atoms with Gasteiger partial charge in [-0.3, -0.25) is 0 Å². The van der Waals surface area contributed by atoms with Crippen molar-refractivity contribution in [2.75, 3.05) is 20.3 Å². The minimum atomic E-state index is -0.591. The summed E-state index contributed by atoms with van der Waals surface area (Å²) in [6.07, 6.45) is 1.54. The number of benzene rings is 2. The highest BCUT2D eigenvalue weighted by molar-refractivity contribution is 5.45. The molecule has 2 unspecified atom stereocenters. The van der Waals surface area contributed by atoms with Gasteiger partial charge < -0.3 is 19.3 Å². The van der Waals surface area contributed by atoms with E-state index < -0.39 is 6.10 Å². The van der Waals surface area contributed by atoms with Crippen LogP contribution in [0.4, 0.5) is 0 Å². The first-order chi connectivity index (χ1) is 11.7. The molecule has 4 heteroatoms. The van der Waals surface area contributed by atoms with Crippen molar-refractivity contribution in [1.29, 1.82) is 0 Å². The lowest BCUT2D eigenvalue weighted by molar-refractivity contribution is 0.0886. The number of hydrogen-bond donors (Lipinski definition) is 1. The van der Waals surface area contributed by atoms with Gasteiger partial charge >= 0.3 is 0 Å². The largest absolute Gasteiger partial charge is 0.497 e. The van der Waals surface area contributed by atoms with Crippen LogP contribution < -0.4 is 14.2 Å². The number of rotatable bonds is 6. The van der Waals surface area contributed by atoms with E-state index in [1.165, 1.54) is 0 Å². The van der Waals surface area contributed by atoms with Crippen LogP contribution in [-0.4, -0.2) is 25.4 Å². The quantitative estimate of drug-likeness (QED) is 0.812. The summed E-state index contributed by atoms with van der Waals surface area (Å²) in [4.78, 5) is 0. The van der Waals surface area contributed by atoms with Gasteiger partial charge in [0, 0.05) is 17.5 Å². The maximum absolute atomic E-state index is 10.8. The molecule has 2 atom stereocenters. The van der Waals surface area contributed by atoms with Gasteiger partial charge in [0.25, 0.3) is 0 Å². The van der Waals surface area contributed by atoms with Crippen LogP contribution in [0.15, 0.2) is 42.5 Å². The van der Waals surface area contributed by atoms with E-state index in [2.05, 4.69) is 6.92 Å². The molecule has 128 valence electrons. The average molecular weight is 328 g/mol. The second kappa shape index (κ2) is 7.58. The van der Waals surface area contributed by atoms with Crippen LogP contribution in [0.25, 0.3) is 0 Å². The van der Waals surface area contributed by atoms with Crippen molar-refractivity contribution < 1.29 is 19.3 Å². The Morgan fingerprint density at radius 2 is 1.88 bits per heavy atom. The molecule has 0 aromatic heterocycles. The third-order valence-electron chi connectivity index (χ3n) is 4.41. The molecular weight excluding hydrogens is 304 g/mol. The lowest BCUT2D eigenvalue weighted by Crippen LogP contribution is -2.24. The van der Waals surface area contributed by atoms with Crippen molar-refractivity contribution in [1.82, 2.24) is 0 Å². The summed E-state index contributed by atoms with van der Waals surface area (Å²) in [5.41, 5.74) is 1.85. The summed E-state index contributed by atoms with van der Waals surface area (Å²) in [7, 11) is 1.64. The molecule has 1 heterocycles. The Morgan fingerprint density at radius 3 is 2.58 bits per heavy atom. The number of hydrogen-bond acceptors (Lipinski definition) is 4. The summed E-state index contributed by atoms with van der Waals surface area (Å²) >= 11 is 0. The topological polar surface area (TPSA) is 47.9 Å². The monoisotopic (exact) mass is 328 g/mol. The zero-order valence-electron chi connectivity index (χ0n) is 14.2. The Labute approximate surface area is 143 Å². The predicted octanol–water partition coefficient (Wildman–Crippen LogP) is 4.08. The van der Waals surface area contributed by atoms with Gasteiger partial charge in [0.15, 0.2) is 0 Å². The molecule has 0 saturated heterocycles. The van der Waals surface area contributed by atoms with E-state index in [4.69, 9.17) is 14.2 Å². The van der Waals surface area contributed by atoms with Crippen LogP contribution in [0.3, 0.4) is 0 Å². The second-order valence-corrected chi connectivity index (χ2v) is 6.04. The predicted molar refractivity (Wildman–Crippen MR) is 93.0 cm³/mol. The minimum Gasteiger partial charge on any atom is -0.497 e. The second-order valence-electron chi connectivity index (χ2n) is 6.04. The highest BCUT2D eigenvalue weighted by Crippen LogP contribution is 2.42. The molecule has 0 radical (unpaired) electrons. The molecule has 1 aliphatic heterocycles. The van der Waals surface area contributed by atoms with Crippen molar-refractivity contribution in [2.45, 2.75) is 31.8 Å². The zero-order chi connectivity index (χ0) is 16.9. The number of fused-ring (bicyclic) bond motifs is 1. The van der Waals surface area contributed by atoms with Gasteiger partial charge in [0.2, 0.25) is 0 Å². The molecule has 1 aliphatic rings. The average Bonchev–Trinajstić information content (AvgIpc) is 2.62. The van der Waals surface area contributed by atoms with Crippen LogP contribution in [0.5, 0.6) is 17.2 Å². The maximum Gasteiger partial charge on any atom is 0.128 e. The first-order valence-corrected chi connectivity index (χ1v) is 8.44. The van der Waals surface area contributed by atoms with Gasteiger partial charge in [-0.25, -0.2) is 0 Å². The highest BCUT2D eigenvalue weighted by Gasteiger charge is 2.30. The number of aliphatic hydroxyl groups is 1. The van der Waals surface area contributed by atoms with Gasteiger partial charge in [-0.05, 0) is 36.2 Å². The summed E-state index contributed by atoms with van der Waals surface area (Å²) in [6.45, 7) is 3.28. The number of unbranched alkanes of at least 4 members (excludes halogenated alkanes) is 1. The standard InChI is InChI=1S/C20H24O4/c1-3-4-11-23-16-9-10-17-19(12-16)24-13-18(20(17)21)14-5-7-15(22-2)8-6-14/h5-10,12,18,20-21H,3-4,11,13H2,1-2H3. The van der Waals surface area contributed by atoms with Crippen molar-refractivity contribution in [3.8, 4) is 17.2 Å². The lowest BCUT2D eigenvalue weighted by atomic mass is 9.87. The van der Waals surface area contributed by atoms with Crippen LogP contribution in [0, 0.1) is 0 Å². The van der Waals surface area contributed by atoms with E-state index >= 15 is 0 Å². The van der Waals surface area contributed by atoms with Gasteiger partial charge in [0.1, 0.15) is 17.2 Å². The van der Waals surface area contributed by atoms with Gasteiger partial charge in [-0.1, -0.05) is 25.5 Å². The minimum absolute atomic E-state index is 0.0877. The third-order valence-corrected chi connectivity index (χ3v) is 4.41. The van der Waals surface area contributed by atoms with E-state index in [0.717, 1.165) is 35.5 Å². The smallest absolute Gasteiger partial charge is 0.128 e. The lowest BCUT2D eigenvalue weighted by Gasteiger charge is -2.31. The van der Waals surface area contributed by atoms with Gasteiger partial charge in [-0.2, -0.15) is 0 Å². The number of aliphatic hydroxyl groups excluding tert-OH is 1. The van der Waals surface area contributed by atoms with E-state index in [1.54, 1.807) is 7.11 Å². The zero-order valence-corrected chi connectivity index (χ0v) is 14.2. The van der Waals surface area contributed by atoms with Crippen molar-refractivity contribution in [3.05, 3.63) is 53.6 Å². The summed E-state index contributed by atoms with van der Waals surface area (Å²) in [5, 5.41) is 10.8. The number of ether oxygens (including phenoxy) is 3. The fourth-order valence-corrected chi connectivity index (χ4v) is 2.93. The van der Waals surface area contributed by atoms with Crippen LogP contribution in [-0.2, 0) is 0 Å². The van der Waals surface area contributed by atoms with Crippen molar-refractivity contribution in [2.24, 2.45) is 0 Å². The molecule has 2 aromatic carbocycles. The summed E-state index contributed by atoms with van der Waals surface area (Å²) < 4.78 is 16.8. The van der Waals surface area contributed by atoms with Crippen LogP contribution >= 0.6 is 0 Å². The molecule has 0 aliphatic carbocycles. The first-order valence-electron chi connectivity index (χ1n) is 8.44. The Morgan fingerprint density at radius 1 is 1.12 bits per heavy atom. The molecule has 0 saturated carbocycles. The van der Waals surface area contributed by atoms with Gasteiger partial charge in [0.05, 0.1) is 26.4 Å². The molecule has 3 rings (SSSR count). The summed E-state index contributed by atoms with van der Waals surface area (Å²) in [5.74, 6) is 2.22. The Hall–Kier alpha value is -2.20. The van der Waals surface area contributed by atoms with Gasteiger partial charge in [-0.15, -0.1) is 0 Å². The molecule has 0 spiro atoms. The Balaban J connectivity index is 1.75. The molecule has 4 nitrogen and oxygen atoms in total. The molecule has 2 aromatic rings. The van der Waals surface area contributed by atoms with Crippen molar-refractivity contribution in [3.63, 3.8) is 0 Å². The molecule has 24 heavy (non-hydrogen) atoms. The Bertz CT molecular complexity index is 666. The number of methoxy groups -OCH3 is 1. The molecule has 0 bridgehead atoms.